The standard InChI is InChI=1S/C23H28N2O3/c1-2-28-23(27)12-15-6-9-17(10-7-15)24-22-14-21(16-8-11-18(26)13-16)25-20-5-3-4-19(20)22/h6-7,9-10,14,16,18,26H,2-5,8,11-13H2,1H3,(H,24,25). The molecule has 1 heterocycles. The normalized spacial score (nSPS) is 20.8. The molecular formula is C23H28N2O3. The number of anilines is 2. The predicted molar refractivity (Wildman–Crippen MR) is 109 cm³/mol. The fourth-order valence-corrected chi connectivity index (χ4v) is 4.35. The molecule has 0 bridgehead atoms. The van der Waals surface area contributed by atoms with Crippen LogP contribution in [-0.4, -0.2) is 28.8 Å². The summed E-state index contributed by atoms with van der Waals surface area (Å²) in [6.45, 7) is 2.23. The fraction of sp³-hybridized carbons (Fsp3) is 0.478. The zero-order valence-electron chi connectivity index (χ0n) is 16.4. The van der Waals surface area contributed by atoms with Gasteiger partial charge < -0.3 is 15.2 Å². The van der Waals surface area contributed by atoms with E-state index in [4.69, 9.17) is 9.72 Å². The van der Waals surface area contributed by atoms with Gasteiger partial charge in [0, 0.05) is 28.7 Å². The number of esters is 1. The topological polar surface area (TPSA) is 71.5 Å². The molecule has 5 heteroatoms. The summed E-state index contributed by atoms with van der Waals surface area (Å²) in [6.07, 6.45) is 6.03. The number of pyridine rings is 1. The van der Waals surface area contributed by atoms with Gasteiger partial charge in [0.2, 0.25) is 0 Å². The van der Waals surface area contributed by atoms with Crippen LogP contribution in [0, 0.1) is 0 Å². The third-order valence-corrected chi connectivity index (χ3v) is 5.78. The SMILES string of the molecule is CCOC(=O)Cc1ccc(Nc2cc(C3CCC(O)C3)nc3c2CCC3)cc1. The van der Waals surface area contributed by atoms with Gasteiger partial charge in [0.15, 0.2) is 0 Å². The Hall–Kier alpha value is -2.40. The van der Waals surface area contributed by atoms with E-state index >= 15 is 0 Å². The van der Waals surface area contributed by atoms with Crippen LogP contribution in [0.1, 0.15) is 61.0 Å². The predicted octanol–water partition coefficient (Wildman–Crippen LogP) is 4.05. The number of hydrogen-bond acceptors (Lipinski definition) is 5. The zero-order valence-corrected chi connectivity index (χ0v) is 16.4. The van der Waals surface area contributed by atoms with E-state index in [1.807, 2.05) is 31.2 Å². The molecule has 2 atom stereocenters. The van der Waals surface area contributed by atoms with E-state index in [1.54, 1.807) is 0 Å². The number of aromatic nitrogens is 1. The Labute approximate surface area is 166 Å². The minimum absolute atomic E-state index is 0.191. The van der Waals surface area contributed by atoms with Gasteiger partial charge in [0.1, 0.15) is 0 Å². The van der Waals surface area contributed by atoms with E-state index in [2.05, 4.69) is 11.4 Å². The maximum absolute atomic E-state index is 11.6. The van der Waals surface area contributed by atoms with Crippen molar-refractivity contribution in [2.45, 2.75) is 63.9 Å². The van der Waals surface area contributed by atoms with Crippen molar-refractivity contribution in [3.05, 3.63) is 52.8 Å². The van der Waals surface area contributed by atoms with Crippen LogP contribution in [-0.2, 0) is 28.8 Å². The van der Waals surface area contributed by atoms with Gasteiger partial charge in [0.25, 0.3) is 0 Å². The number of carbonyl (C=O) groups excluding carboxylic acids is 1. The third-order valence-electron chi connectivity index (χ3n) is 5.78. The lowest BCUT2D eigenvalue weighted by Gasteiger charge is -2.16. The number of aryl methyl sites for hydroxylation is 1. The molecular weight excluding hydrogens is 352 g/mol. The summed E-state index contributed by atoms with van der Waals surface area (Å²) in [4.78, 5) is 16.6. The monoisotopic (exact) mass is 380 g/mol. The number of rotatable bonds is 6. The van der Waals surface area contributed by atoms with Crippen LogP contribution in [0.25, 0.3) is 0 Å². The summed E-state index contributed by atoms with van der Waals surface area (Å²) in [7, 11) is 0. The number of carbonyl (C=O) groups is 1. The molecule has 2 aliphatic carbocycles. The first kappa shape index (κ1) is 18.9. The van der Waals surface area contributed by atoms with Gasteiger partial charge in [-0.2, -0.15) is 0 Å². The molecule has 4 rings (SSSR count). The molecule has 1 saturated carbocycles. The summed E-state index contributed by atoms with van der Waals surface area (Å²) >= 11 is 0. The minimum Gasteiger partial charge on any atom is -0.466 e. The van der Waals surface area contributed by atoms with Crippen molar-refractivity contribution in [2.24, 2.45) is 0 Å². The van der Waals surface area contributed by atoms with Gasteiger partial charge in [-0.05, 0) is 74.8 Å². The van der Waals surface area contributed by atoms with Crippen molar-refractivity contribution in [1.29, 1.82) is 0 Å². The number of nitrogens with zero attached hydrogens (tertiary/aromatic N) is 1. The Balaban J connectivity index is 1.52. The lowest BCUT2D eigenvalue weighted by molar-refractivity contribution is -0.142. The third kappa shape index (κ3) is 4.20. The Morgan fingerprint density at radius 3 is 2.79 bits per heavy atom. The molecule has 0 spiro atoms. The van der Waals surface area contributed by atoms with Crippen molar-refractivity contribution >= 4 is 17.3 Å². The molecule has 2 unspecified atom stereocenters. The number of hydrogen-bond donors (Lipinski definition) is 2. The molecule has 0 saturated heterocycles. The molecule has 1 aromatic heterocycles. The van der Waals surface area contributed by atoms with Crippen molar-refractivity contribution in [2.75, 3.05) is 11.9 Å². The lowest BCUT2D eigenvalue weighted by Crippen LogP contribution is -2.07. The highest BCUT2D eigenvalue weighted by Gasteiger charge is 2.27. The summed E-state index contributed by atoms with van der Waals surface area (Å²) in [5, 5.41) is 13.5. The van der Waals surface area contributed by atoms with Crippen LogP contribution in [0.3, 0.4) is 0 Å². The summed E-state index contributed by atoms with van der Waals surface area (Å²) in [5.41, 5.74) is 6.73. The number of ether oxygens (including phenoxy) is 1. The summed E-state index contributed by atoms with van der Waals surface area (Å²) in [5.74, 6) is 0.159. The van der Waals surface area contributed by atoms with E-state index in [-0.39, 0.29) is 12.1 Å². The Kier molecular flexibility index (Phi) is 5.62. The second kappa shape index (κ2) is 8.31. The zero-order chi connectivity index (χ0) is 19.5. The van der Waals surface area contributed by atoms with Gasteiger partial charge >= 0.3 is 5.97 Å². The number of aliphatic hydroxyl groups excluding tert-OH is 1. The van der Waals surface area contributed by atoms with Gasteiger partial charge in [-0.3, -0.25) is 9.78 Å². The Morgan fingerprint density at radius 1 is 1.25 bits per heavy atom. The highest BCUT2D eigenvalue weighted by molar-refractivity contribution is 5.73. The minimum atomic E-state index is -0.196. The second-order valence-electron chi connectivity index (χ2n) is 7.84. The summed E-state index contributed by atoms with van der Waals surface area (Å²) in [6, 6.07) is 10.1. The molecule has 148 valence electrons. The first-order valence-corrected chi connectivity index (χ1v) is 10.3. The molecule has 0 amide bonds. The van der Waals surface area contributed by atoms with Crippen LogP contribution >= 0.6 is 0 Å². The maximum atomic E-state index is 11.6. The highest BCUT2D eigenvalue weighted by Crippen LogP contribution is 2.38. The van der Waals surface area contributed by atoms with Crippen molar-refractivity contribution < 1.29 is 14.6 Å². The number of aliphatic hydroxyl groups is 1. The average molecular weight is 380 g/mol. The molecule has 0 radical (unpaired) electrons. The quantitative estimate of drug-likeness (QED) is 0.740. The molecule has 2 aromatic rings. The van der Waals surface area contributed by atoms with Crippen LogP contribution in [0.4, 0.5) is 11.4 Å². The average Bonchev–Trinajstić information content (AvgIpc) is 3.32. The molecule has 1 fully saturated rings. The molecule has 2 aliphatic rings. The van der Waals surface area contributed by atoms with E-state index < -0.39 is 0 Å². The van der Waals surface area contributed by atoms with Gasteiger partial charge in [0.05, 0.1) is 19.1 Å². The van der Waals surface area contributed by atoms with E-state index in [0.29, 0.717) is 18.9 Å². The Morgan fingerprint density at radius 2 is 2.07 bits per heavy atom. The first-order valence-electron chi connectivity index (χ1n) is 10.3. The molecule has 28 heavy (non-hydrogen) atoms. The Bertz CT molecular complexity index is 848. The largest absolute Gasteiger partial charge is 0.466 e. The first-order chi connectivity index (χ1) is 13.6. The van der Waals surface area contributed by atoms with E-state index in [9.17, 15) is 9.90 Å². The van der Waals surface area contributed by atoms with Crippen LogP contribution < -0.4 is 5.32 Å². The van der Waals surface area contributed by atoms with Crippen LogP contribution in [0.5, 0.6) is 0 Å². The molecule has 5 nitrogen and oxygen atoms in total. The smallest absolute Gasteiger partial charge is 0.310 e. The van der Waals surface area contributed by atoms with Gasteiger partial charge in [-0.1, -0.05) is 12.1 Å². The van der Waals surface area contributed by atoms with Crippen molar-refractivity contribution in [3.8, 4) is 0 Å². The molecule has 1 aromatic carbocycles. The highest BCUT2D eigenvalue weighted by atomic mass is 16.5. The van der Waals surface area contributed by atoms with Gasteiger partial charge in [-0.25, -0.2) is 0 Å². The lowest BCUT2D eigenvalue weighted by atomic mass is 10.0. The van der Waals surface area contributed by atoms with Crippen molar-refractivity contribution in [3.63, 3.8) is 0 Å². The number of nitrogens with one attached hydrogen (secondary N) is 1. The molecule has 2 N–H and O–H groups in total. The second-order valence-corrected chi connectivity index (χ2v) is 7.84. The number of benzene rings is 1. The number of fused-ring (bicyclic) bond motifs is 1. The van der Waals surface area contributed by atoms with E-state index in [0.717, 1.165) is 61.2 Å². The van der Waals surface area contributed by atoms with Crippen molar-refractivity contribution in [1.82, 2.24) is 4.98 Å². The van der Waals surface area contributed by atoms with E-state index in [1.165, 1.54) is 11.3 Å². The summed E-state index contributed by atoms with van der Waals surface area (Å²) < 4.78 is 5.01. The van der Waals surface area contributed by atoms with Crippen LogP contribution in [0.2, 0.25) is 0 Å². The molecule has 0 aliphatic heterocycles. The fourth-order valence-electron chi connectivity index (χ4n) is 4.35. The maximum Gasteiger partial charge on any atom is 0.310 e. The van der Waals surface area contributed by atoms with Crippen LogP contribution in [0.15, 0.2) is 30.3 Å². The van der Waals surface area contributed by atoms with Gasteiger partial charge in [-0.15, -0.1) is 0 Å².